The molecule has 0 atom stereocenters. The molecule has 1 N–H and O–H groups in total. The number of ketones is 1. The van der Waals surface area contributed by atoms with Crippen molar-refractivity contribution in [2.45, 2.75) is 5.54 Å². The van der Waals surface area contributed by atoms with Gasteiger partial charge >= 0.3 is 6.03 Å². The lowest BCUT2D eigenvalue weighted by molar-refractivity contribution is -0.130. The van der Waals surface area contributed by atoms with E-state index in [1.54, 1.807) is 48.5 Å². The van der Waals surface area contributed by atoms with Crippen LogP contribution in [0.5, 0.6) is 11.5 Å². The smallest absolute Gasteiger partial charge is 0.325 e. The zero-order chi connectivity index (χ0) is 24.5. The van der Waals surface area contributed by atoms with Gasteiger partial charge in [-0.2, -0.15) is 0 Å². The molecular formula is C25H20F2N2O5. The minimum atomic E-state index is -1.68. The number of hydrogen-bond acceptors (Lipinski definition) is 5. The van der Waals surface area contributed by atoms with E-state index in [1.807, 2.05) is 0 Å². The second-order valence-electron chi connectivity index (χ2n) is 7.55. The number of Topliss-reactive ketones (excluding diaryl/α,β-unsaturated/α-hetero) is 1. The number of nitrogens with zero attached hydrogens (tertiary/aromatic N) is 1. The molecule has 0 unspecified atom stereocenters. The van der Waals surface area contributed by atoms with Crippen LogP contribution in [0.15, 0.2) is 66.7 Å². The molecule has 3 aromatic rings. The number of ether oxygens (including phenoxy) is 2. The van der Waals surface area contributed by atoms with E-state index in [9.17, 15) is 23.2 Å². The van der Waals surface area contributed by atoms with Gasteiger partial charge in [-0.05, 0) is 47.5 Å². The second kappa shape index (κ2) is 8.93. The van der Waals surface area contributed by atoms with Crippen LogP contribution in [0.2, 0.25) is 0 Å². The number of urea groups is 1. The zero-order valence-corrected chi connectivity index (χ0v) is 18.3. The van der Waals surface area contributed by atoms with E-state index >= 15 is 0 Å². The number of halogens is 2. The van der Waals surface area contributed by atoms with Crippen molar-refractivity contribution in [1.29, 1.82) is 0 Å². The second-order valence-corrected chi connectivity index (χ2v) is 7.55. The van der Waals surface area contributed by atoms with Gasteiger partial charge in [-0.15, -0.1) is 0 Å². The van der Waals surface area contributed by atoms with Gasteiger partial charge in [0.15, 0.2) is 11.3 Å². The lowest BCUT2D eigenvalue weighted by Gasteiger charge is -2.28. The number of imide groups is 1. The van der Waals surface area contributed by atoms with E-state index in [-0.39, 0.29) is 0 Å². The summed E-state index contributed by atoms with van der Waals surface area (Å²) in [6.45, 7) is -0.837. The van der Waals surface area contributed by atoms with Crippen molar-refractivity contribution in [2.75, 3.05) is 20.8 Å². The molecule has 174 valence electrons. The van der Waals surface area contributed by atoms with Gasteiger partial charge in [-0.1, -0.05) is 30.3 Å². The molecule has 3 aromatic carbocycles. The van der Waals surface area contributed by atoms with Gasteiger partial charge in [0, 0.05) is 0 Å². The Balaban J connectivity index is 1.77. The van der Waals surface area contributed by atoms with Crippen molar-refractivity contribution in [3.05, 3.63) is 95.1 Å². The van der Waals surface area contributed by atoms with Crippen LogP contribution in [0.4, 0.5) is 13.6 Å². The first kappa shape index (κ1) is 22.9. The molecule has 1 aliphatic rings. The standard InChI is InChI=1S/C25H20F2N2O5/c1-33-17-10-6-15(7-11-17)25(16-8-12-18(34-2)13-9-16)23(31)29(24(32)28-25)14-21(30)22-19(26)4-3-5-20(22)27/h3-13H,14H2,1-2H3,(H,28,32). The molecule has 1 aliphatic heterocycles. The average molecular weight is 466 g/mol. The van der Waals surface area contributed by atoms with Crippen molar-refractivity contribution in [2.24, 2.45) is 0 Å². The Morgan fingerprint density at radius 2 is 1.32 bits per heavy atom. The monoisotopic (exact) mass is 466 g/mol. The molecule has 0 bridgehead atoms. The van der Waals surface area contributed by atoms with Crippen molar-refractivity contribution in [3.8, 4) is 11.5 Å². The summed E-state index contributed by atoms with van der Waals surface area (Å²) in [4.78, 5) is 40.0. The fourth-order valence-corrected chi connectivity index (χ4v) is 3.95. The molecule has 4 rings (SSSR count). The predicted octanol–water partition coefficient (Wildman–Crippen LogP) is 3.66. The molecule has 3 amide bonds. The molecule has 0 saturated carbocycles. The average Bonchev–Trinajstić information content (AvgIpc) is 3.09. The van der Waals surface area contributed by atoms with Crippen LogP contribution in [0, 0.1) is 11.6 Å². The van der Waals surface area contributed by atoms with Crippen LogP contribution in [0.3, 0.4) is 0 Å². The highest BCUT2D eigenvalue weighted by Crippen LogP contribution is 2.37. The highest BCUT2D eigenvalue weighted by atomic mass is 19.1. The molecule has 1 saturated heterocycles. The van der Waals surface area contributed by atoms with E-state index in [2.05, 4.69) is 5.32 Å². The Morgan fingerprint density at radius 3 is 1.76 bits per heavy atom. The maximum atomic E-state index is 14.1. The van der Waals surface area contributed by atoms with Crippen LogP contribution >= 0.6 is 0 Å². The maximum absolute atomic E-state index is 14.1. The zero-order valence-electron chi connectivity index (χ0n) is 18.3. The van der Waals surface area contributed by atoms with Crippen LogP contribution in [-0.2, 0) is 10.3 Å². The Kier molecular flexibility index (Phi) is 6.02. The van der Waals surface area contributed by atoms with Crippen molar-refractivity contribution in [3.63, 3.8) is 0 Å². The molecule has 0 spiro atoms. The van der Waals surface area contributed by atoms with Crippen LogP contribution in [0.25, 0.3) is 0 Å². The fraction of sp³-hybridized carbons (Fsp3) is 0.160. The number of hydrogen-bond donors (Lipinski definition) is 1. The van der Waals surface area contributed by atoms with E-state index in [1.165, 1.54) is 14.2 Å². The molecule has 7 nitrogen and oxygen atoms in total. The minimum Gasteiger partial charge on any atom is -0.497 e. The third-order valence-electron chi connectivity index (χ3n) is 5.69. The summed E-state index contributed by atoms with van der Waals surface area (Å²) in [5, 5.41) is 2.68. The molecule has 1 heterocycles. The highest BCUT2D eigenvalue weighted by Gasteiger charge is 2.54. The van der Waals surface area contributed by atoms with Gasteiger partial charge in [0.25, 0.3) is 5.91 Å². The molecule has 34 heavy (non-hydrogen) atoms. The Labute approximate surface area is 193 Å². The summed E-state index contributed by atoms with van der Waals surface area (Å²) in [6, 6.07) is 15.1. The summed E-state index contributed by atoms with van der Waals surface area (Å²) in [5.41, 5.74) is -1.67. The first-order chi connectivity index (χ1) is 16.3. The van der Waals surface area contributed by atoms with Gasteiger partial charge in [0.05, 0.1) is 26.3 Å². The number of methoxy groups -OCH3 is 2. The third kappa shape index (κ3) is 3.75. The van der Waals surface area contributed by atoms with Crippen LogP contribution in [0.1, 0.15) is 21.5 Å². The van der Waals surface area contributed by atoms with Gasteiger partial charge < -0.3 is 14.8 Å². The molecule has 0 radical (unpaired) electrons. The largest absolute Gasteiger partial charge is 0.497 e. The highest BCUT2D eigenvalue weighted by molar-refractivity contribution is 6.13. The van der Waals surface area contributed by atoms with E-state index in [0.29, 0.717) is 27.5 Å². The normalized spacial score (nSPS) is 14.6. The number of carbonyl (C=O) groups is 3. The topological polar surface area (TPSA) is 84.9 Å². The summed E-state index contributed by atoms with van der Waals surface area (Å²) in [7, 11) is 2.98. The van der Waals surface area contributed by atoms with Crippen molar-refractivity contribution < 1.29 is 32.6 Å². The predicted molar refractivity (Wildman–Crippen MR) is 118 cm³/mol. The fourth-order valence-electron chi connectivity index (χ4n) is 3.95. The first-order valence-corrected chi connectivity index (χ1v) is 10.2. The van der Waals surface area contributed by atoms with Gasteiger partial charge in [-0.25, -0.2) is 13.6 Å². The summed E-state index contributed by atoms with van der Waals surface area (Å²) < 4.78 is 38.6. The Morgan fingerprint density at radius 1 is 0.853 bits per heavy atom. The summed E-state index contributed by atoms with van der Waals surface area (Å²) >= 11 is 0. The van der Waals surface area contributed by atoms with Gasteiger partial charge in [-0.3, -0.25) is 14.5 Å². The van der Waals surface area contributed by atoms with Crippen molar-refractivity contribution >= 4 is 17.7 Å². The van der Waals surface area contributed by atoms with Gasteiger partial charge in [0.1, 0.15) is 23.1 Å². The Bertz CT molecular complexity index is 1190. The van der Waals surface area contributed by atoms with E-state index < -0.39 is 47.0 Å². The van der Waals surface area contributed by atoms with Crippen LogP contribution < -0.4 is 14.8 Å². The molecule has 0 aliphatic carbocycles. The SMILES string of the molecule is COc1ccc(C2(c3ccc(OC)cc3)NC(=O)N(CC(=O)c3c(F)cccc3F)C2=O)cc1. The molecular weight excluding hydrogens is 446 g/mol. The van der Waals surface area contributed by atoms with E-state index in [4.69, 9.17) is 9.47 Å². The maximum Gasteiger partial charge on any atom is 0.325 e. The minimum absolute atomic E-state index is 0.406. The summed E-state index contributed by atoms with van der Waals surface area (Å²) in [5.74, 6) is -2.89. The third-order valence-corrected chi connectivity index (χ3v) is 5.69. The first-order valence-electron chi connectivity index (χ1n) is 10.2. The lowest BCUT2D eigenvalue weighted by atomic mass is 9.82. The summed E-state index contributed by atoms with van der Waals surface area (Å²) in [6.07, 6.45) is 0. The molecule has 9 heteroatoms. The number of nitrogens with one attached hydrogen (secondary N) is 1. The number of amides is 3. The van der Waals surface area contributed by atoms with Gasteiger partial charge in [0.2, 0.25) is 0 Å². The Hall–Kier alpha value is -4.27. The molecule has 1 fully saturated rings. The number of benzene rings is 3. The van der Waals surface area contributed by atoms with Crippen LogP contribution in [-0.4, -0.2) is 43.4 Å². The number of carbonyl (C=O) groups excluding carboxylic acids is 3. The van der Waals surface area contributed by atoms with Crippen molar-refractivity contribution in [1.82, 2.24) is 10.2 Å². The lowest BCUT2D eigenvalue weighted by Crippen LogP contribution is -2.45. The quantitative estimate of drug-likeness (QED) is 0.424. The number of rotatable bonds is 7. The molecule has 0 aromatic heterocycles. The van der Waals surface area contributed by atoms with E-state index in [0.717, 1.165) is 18.2 Å².